The quantitative estimate of drug-likeness (QED) is 0.805. The number of nitrogens with zero attached hydrogens (tertiary/aromatic N) is 2. The molecule has 2 rings (SSSR count). The van der Waals surface area contributed by atoms with Crippen molar-refractivity contribution < 1.29 is 0 Å². The Bertz CT molecular complexity index is 421. The summed E-state index contributed by atoms with van der Waals surface area (Å²) in [6, 6.07) is 0.411. The standard InChI is InChI=1S/C13H20ClN3S/c1-8(6-7-18-3)15-12-9(2)11(14)16-13(17-12)10-4-5-10/h8,10H,4-7H2,1-3H3,(H,15,16,17). The van der Waals surface area contributed by atoms with Crippen molar-refractivity contribution in [2.75, 3.05) is 17.3 Å². The van der Waals surface area contributed by atoms with Crippen LogP contribution in [0.2, 0.25) is 5.15 Å². The summed E-state index contributed by atoms with van der Waals surface area (Å²) in [6.07, 6.45) is 5.65. The van der Waals surface area contributed by atoms with Gasteiger partial charge in [0.05, 0.1) is 0 Å². The molecule has 18 heavy (non-hydrogen) atoms. The third kappa shape index (κ3) is 3.51. The first kappa shape index (κ1) is 13.9. The molecule has 1 aliphatic rings. The van der Waals surface area contributed by atoms with Crippen molar-refractivity contribution in [3.63, 3.8) is 0 Å². The Morgan fingerprint density at radius 3 is 2.78 bits per heavy atom. The zero-order chi connectivity index (χ0) is 13.1. The fourth-order valence-electron chi connectivity index (χ4n) is 1.77. The normalized spacial score (nSPS) is 16.7. The van der Waals surface area contributed by atoms with Crippen LogP contribution in [0.3, 0.4) is 0 Å². The van der Waals surface area contributed by atoms with E-state index in [2.05, 4.69) is 28.5 Å². The molecule has 0 spiro atoms. The van der Waals surface area contributed by atoms with Gasteiger partial charge in [0.2, 0.25) is 0 Å². The maximum atomic E-state index is 6.18. The summed E-state index contributed by atoms with van der Waals surface area (Å²) < 4.78 is 0. The zero-order valence-electron chi connectivity index (χ0n) is 11.2. The van der Waals surface area contributed by atoms with Gasteiger partial charge in [-0.2, -0.15) is 11.8 Å². The van der Waals surface area contributed by atoms with E-state index in [1.165, 1.54) is 12.8 Å². The Morgan fingerprint density at radius 2 is 2.17 bits per heavy atom. The Labute approximate surface area is 118 Å². The van der Waals surface area contributed by atoms with Crippen molar-refractivity contribution >= 4 is 29.2 Å². The van der Waals surface area contributed by atoms with Gasteiger partial charge in [-0.1, -0.05) is 11.6 Å². The van der Waals surface area contributed by atoms with Crippen LogP contribution in [-0.4, -0.2) is 28.0 Å². The number of nitrogens with one attached hydrogen (secondary N) is 1. The van der Waals surface area contributed by atoms with Crippen LogP contribution in [0.1, 0.15) is 43.5 Å². The Kier molecular flexibility index (Phi) is 4.73. The van der Waals surface area contributed by atoms with Gasteiger partial charge in [-0.25, -0.2) is 9.97 Å². The SMILES string of the molecule is CSCCC(C)Nc1nc(C2CC2)nc(Cl)c1C. The maximum Gasteiger partial charge on any atom is 0.137 e. The summed E-state index contributed by atoms with van der Waals surface area (Å²) >= 11 is 8.05. The van der Waals surface area contributed by atoms with E-state index in [9.17, 15) is 0 Å². The van der Waals surface area contributed by atoms with E-state index < -0.39 is 0 Å². The van der Waals surface area contributed by atoms with E-state index in [-0.39, 0.29) is 0 Å². The third-order valence-electron chi connectivity index (χ3n) is 3.18. The van der Waals surface area contributed by atoms with Crippen LogP contribution in [0, 0.1) is 6.92 Å². The number of rotatable bonds is 6. The molecule has 0 saturated heterocycles. The van der Waals surface area contributed by atoms with Gasteiger partial charge in [-0.05, 0) is 45.1 Å². The van der Waals surface area contributed by atoms with Gasteiger partial charge in [0.25, 0.3) is 0 Å². The lowest BCUT2D eigenvalue weighted by Crippen LogP contribution is -2.18. The topological polar surface area (TPSA) is 37.8 Å². The van der Waals surface area contributed by atoms with Crippen molar-refractivity contribution in [2.45, 2.75) is 45.1 Å². The fraction of sp³-hybridized carbons (Fsp3) is 0.692. The highest BCUT2D eigenvalue weighted by Gasteiger charge is 2.28. The molecule has 5 heteroatoms. The smallest absolute Gasteiger partial charge is 0.137 e. The second-order valence-corrected chi connectivity index (χ2v) is 6.29. The second kappa shape index (κ2) is 6.11. The molecule has 1 saturated carbocycles. The molecule has 0 bridgehead atoms. The molecule has 1 fully saturated rings. The second-order valence-electron chi connectivity index (χ2n) is 4.95. The van der Waals surface area contributed by atoms with Crippen molar-refractivity contribution in [3.05, 3.63) is 16.5 Å². The molecular weight excluding hydrogens is 266 g/mol. The third-order valence-corrected chi connectivity index (χ3v) is 4.20. The molecule has 0 amide bonds. The van der Waals surface area contributed by atoms with Crippen molar-refractivity contribution in [2.24, 2.45) is 0 Å². The summed E-state index contributed by atoms with van der Waals surface area (Å²) in [5, 5.41) is 4.05. The van der Waals surface area contributed by atoms with Crippen LogP contribution < -0.4 is 5.32 Å². The van der Waals surface area contributed by atoms with Gasteiger partial charge in [0, 0.05) is 17.5 Å². The van der Waals surface area contributed by atoms with E-state index in [0.29, 0.717) is 17.1 Å². The van der Waals surface area contributed by atoms with Crippen LogP contribution in [0.4, 0.5) is 5.82 Å². The summed E-state index contributed by atoms with van der Waals surface area (Å²) in [5.41, 5.74) is 0.956. The molecule has 3 nitrogen and oxygen atoms in total. The van der Waals surface area contributed by atoms with Crippen LogP contribution in [-0.2, 0) is 0 Å². The van der Waals surface area contributed by atoms with Gasteiger partial charge in [0.15, 0.2) is 0 Å². The highest BCUT2D eigenvalue weighted by Crippen LogP contribution is 2.39. The van der Waals surface area contributed by atoms with E-state index in [1.54, 1.807) is 0 Å². The van der Waals surface area contributed by atoms with E-state index in [4.69, 9.17) is 11.6 Å². The predicted molar refractivity (Wildman–Crippen MR) is 79.8 cm³/mol. The minimum atomic E-state index is 0.411. The van der Waals surface area contributed by atoms with Crippen LogP contribution >= 0.6 is 23.4 Å². The summed E-state index contributed by atoms with van der Waals surface area (Å²) in [4.78, 5) is 9.00. The Hall–Kier alpha value is -0.480. The Balaban J connectivity index is 2.10. The molecule has 100 valence electrons. The van der Waals surface area contributed by atoms with Gasteiger partial charge in [-0.15, -0.1) is 0 Å². The predicted octanol–water partition coefficient (Wildman–Crippen LogP) is 3.87. The molecule has 1 unspecified atom stereocenters. The molecular formula is C13H20ClN3S. The average Bonchev–Trinajstić information content (AvgIpc) is 3.16. The molecule has 0 aromatic carbocycles. The van der Waals surface area contributed by atoms with Crippen molar-refractivity contribution in [1.29, 1.82) is 0 Å². The largest absolute Gasteiger partial charge is 0.367 e. The molecule has 0 aliphatic heterocycles. The fourth-order valence-corrected chi connectivity index (χ4v) is 2.54. The Morgan fingerprint density at radius 1 is 1.44 bits per heavy atom. The van der Waals surface area contributed by atoms with Crippen molar-refractivity contribution in [3.8, 4) is 0 Å². The van der Waals surface area contributed by atoms with Gasteiger partial charge < -0.3 is 5.32 Å². The molecule has 0 radical (unpaired) electrons. The molecule has 1 N–H and O–H groups in total. The first-order valence-electron chi connectivity index (χ1n) is 6.41. The average molecular weight is 286 g/mol. The molecule has 1 aliphatic carbocycles. The maximum absolute atomic E-state index is 6.18. The summed E-state index contributed by atoms with van der Waals surface area (Å²) in [6.45, 7) is 4.16. The first-order valence-corrected chi connectivity index (χ1v) is 8.18. The van der Waals surface area contributed by atoms with Crippen LogP contribution in [0.25, 0.3) is 0 Å². The molecule has 1 heterocycles. The van der Waals surface area contributed by atoms with Crippen LogP contribution in [0.5, 0.6) is 0 Å². The molecule has 1 aromatic heterocycles. The zero-order valence-corrected chi connectivity index (χ0v) is 12.7. The lowest BCUT2D eigenvalue weighted by atomic mass is 10.2. The van der Waals surface area contributed by atoms with E-state index in [0.717, 1.165) is 29.4 Å². The molecule has 1 atom stereocenters. The number of hydrogen-bond acceptors (Lipinski definition) is 4. The summed E-state index contributed by atoms with van der Waals surface area (Å²) in [5.74, 6) is 3.50. The lowest BCUT2D eigenvalue weighted by Gasteiger charge is -2.16. The highest BCUT2D eigenvalue weighted by atomic mass is 35.5. The molecule has 1 aromatic rings. The number of hydrogen-bond donors (Lipinski definition) is 1. The van der Waals surface area contributed by atoms with Gasteiger partial charge in [-0.3, -0.25) is 0 Å². The monoisotopic (exact) mass is 285 g/mol. The number of thioether (sulfide) groups is 1. The number of aromatic nitrogens is 2. The lowest BCUT2D eigenvalue weighted by molar-refractivity contribution is 0.760. The van der Waals surface area contributed by atoms with E-state index >= 15 is 0 Å². The minimum absolute atomic E-state index is 0.411. The highest BCUT2D eigenvalue weighted by molar-refractivity contribution is 7.98. The first-order chi connectivity index (χ1) is 8.61. The van der Waals surface area contributed by atoms with Gasteiger partial charge in [0.1, 0.15) is 16.8 Å². The number of halogens is 1. The van der Waals surface area contributed by atoms with Gasteiger partial charge >= 0.3 is 0 Å². The van der Waals surface area contributed by atoms with Crippen LogP contribution in [0.15, 0.2) is 0 Å². The van der Waals surface area contributed by atoms with Crippen molar-refractivity contribution in [1.82, 2.24) is 9.97 Å². The van der Waals surface area contributed by atoms with E-state index in [1.807, 2.05) is 18.7 Å². The number of anilines is 1. The summed E-state index contributed by atoms with van der Waals surface area (Å²) in [7, 11) is 0. The minimum Gasteiger partial charge on any atom is -0.367 e.